The summed E-state index contributed by atoms with van der Waals surface area (Å²) in [5.74, 6) is 0. The van der Waals surface area contributed by atoms with Gasteiger partial charge >= 0.3 is 0 Å². The van der Waals surface area contributed by atoms with Crippen LogP contribution in [-0.2, 0) is 23.6 Å². The molecule has 0 saturated heterocycles. The zero-order chi connectivity index (χ0) is 15.6. The molecule has 0 aliphatic carbocycles. The van der Waals surface area contributed by atoms with Crippen molar-refractivity contribution in [2.45, 2.75) is 25.3 Å². The van der Waals surface area contributed by atoms with Gasteiger partial charge < -0.3 is 5.32 Å². The third-order valence-corrected chi connectivity index (χ3v) is 4.69. The standard InChI is InChI=1S/C14H20N4O2S/c1-10-5-6-12(8-15-3)7-14(10)21(19,20)17-13-9-18(4)16-11(13)2/h5-7,9,15,17H,8H2,1-4H3. The van der Waals surface area contributed by atoms with Gasteiger partial charge in [-0.3, -0.25) is 9.40 Å². The van der Waals surface area contributed by atoms with E-state index in [0.29, 0.717) is 28.4 Å². The van der Waals surface area contributed by atoms with Crippen LogP contribution in [0.15, 0.2) is 29.3 Å². The lowest BCUT2D eigenvalue weighted by atomic mass is 10.1. The summed E-state index contributed by atoms with van der Waals surface area (Å²) in [6.45, 7) is 4.17. The zero-order valence-electron chi connectivity index (χ0n) is 12.6. The molecule has 2 rings (SSSR count). The van der Waals surface area contributed by atoms with Crippen molar-refractivity contribution in [1.82, 2.24) is 15.1 Å². The third kappa shape index (κ3) is 3.43. The van der Waals surface area contributed by atoms with E-state index in [0.717, 1.165) is 5.56 Å². The van der Waals surface area contributed by atoms with Crippen molar-refractivity contribution >= 4 is 15.7 Å². The summed E-state index contributed by atoms with van der Waals surface area (Å²) in [5.41, 5.74) is 2.77. The predicted molar refractivity (Wildman–Crippen MR) is 82.7 cm³/mol. The highest BCUT2D eigenvalue weighted by molar-refractivity contribution is 7.92. The normalized spacial score (nSPS) is 11.6. The van der Waals surface area contributed by atoms with Gasteiger partial charge in [-0.2, -0.15) is 5.10 Å². The van der Waals surface area contributed by atoms with Crippen molar-refractivity contribution in [1.29, 1.82) is 0 Å². The Hall–Kier alpha value is -1.86. The highest BCUT2D eigenvalue weighted by Crippen LogP contribution is 2.22. The van der Waals surface area contributed by atoms with Gasteiger partial charge in [0.25, 0.3) is 10.0 Å². The maximum atomic E-state index is 12.6. The molecule has 1 aromatic heterocycles. The van der Waals surface area contributed by atoms with Crippen LogP contribution in [0.1, 0.15) is 16.8 Å². The van der Waals surface area contributed by atoms with Gasteiger partial charge in [0.1, 0.15) is 0 Å². The molecule has 6 nitrogen and oxygen atoms in total. The summed E-state index contributed by atoms with van der Waals surface area (Å²) in [7, 11) is -0.0469. The molecule has 2 aromatic rings. The van der Waals surface area contributed by atoms with Gasteiger partial charge in [-0.15, -0.1) is 0 Å². The molecule has 21 heavy (non-hydrogen) atoms. The monoisotopic (exact) mass is 308 g/mol. The van der Waals surface area contributed by atoms with E-state index < -0.39 is 10.0 Å². The quantitative estimate of drug-likeness (QED) is 0.879. The molecule has 1 heterocycles. The molecule has 0 aliphatic rings. The number of rotatable bonds is 5. The molecule has 0 fully saturated rings. The van der Waals surface area contributed by atoms with E-state index in [4.69, 9.17) is 0 Å². The SMILES string of the molecule is CNCc1ccc(C)c(S(=O)(=O)Nc2cn(C)nc2C)c1. The Morgan fingerprint density at radius 2 is 2.00 bits per heavy atom. The average Bonchev–Trinajstić information content (AvgIpc) is 2.69. The van der Waals surface area contributed by atoms with Crippen LogP contribution >= 0.6 is 0 Å². The van der Waals surface area contributed by atoms with Crippen molar-refractivity contribution in [3.05, 3.63) is 41.2 Å². The van der Waals surface area contributed by atoms with Crippen molar-refractivity contribution in [3.8, 4) is 0 Å². The fourth-order valence-electron chi connectivity index (χ4n) is 2.15. The first kappa shape index (κ1) is 15.5. The highest BCUT2D eigenvalue weighted by atomic mass is 32.2. The first-order chi connectivity index (χ1) is 9.83. The molecular formula is C14H20N4O2S. The number of aromatic nitrogens is 2. The maximum Gasteiger partial charge on any atom is 0.262 e. The van der Waals surface area contributed by atoms with Crippen LogP contribution in [0, 0.1) is 13.8 Å². The van der Waals surface area contributed by atoms with E-state index in [9.17, 15) is 8.42 Å². The Bertz CT molecular complexity index is 750. The Balaban J connectivity index is 2.39. The molecule has 0 atom stereocenters. The number of benzene rings is 1. The van der Waals surface area contributed by atoms with E-state index in [1.807, 2.05) is 19.2 Å². The van der Waals surface area contributed by atoms with Gasteiger partial charge in [0, 0.05) is 19.8 Å². The van der Waals surface area contributed by atoms with Crippen LogP contribution in [0.2, 0.25) is 0 Å². The lowest BCUT2D eigenvalue weighted by Gasteiger charge is -2.11. The Labute approximate surface area is 125 Å². The second kappa shape index (κ2) is 5.87. The molecule has 2 N–H and O–H groups in total. The largest absolute Gasteiger partial charge is 0.316 e. The number of nitrogens with one attached hydrogen (secondary N) is 2. The molecule has 114 valence electrons. The van der Waals surface area contributed by atoms with Crippen molar-refractivity contribution in [2.75, 3.05) is 11.8 Å². The topological polar surface area (TPSA) is 76.0 Å². The van der Waals surface area contributed by atoms with Crippen LogP contribution in [0.3, 0.4) is 0 Å². The van der Waals surface area contributed by atoms with Crippen LogP contribution in [-0.4, -0.2) is 25.2 Å². The lowest BCUT2D eigenvalue weighted by Crippen LogP contribution is -2.15. The summed E-state index contributed by atoms with van der Waals surface area (Å²) in [4.78, 5) is 0.290. The Kier molecular flexibility index (Phi) is 4.34. The summed E-state index contributed by atoms with van der Waals surface area (Å²) >= 11 is 0. The highest BCUT2D eigenvalue weighted by Gasteiger charge is 2.19. The van der Waals surface area contributed by atoms with Crippen molar-refractivity contribution in [2.24, 2.45) is 7.05 Å². The summed E-state index contributed by atoms with van der Waals surface area (Å²) in [5, 5.41) is 7.15. The van der Waals surface area contributed by atoms with Gasteiger partial charge in [0.2, 0.25) is 0 Å². The van der Waals surface area contributed by atoms with Crippen LogP contribution < -0.4 is 10.0 Å². The van der Waals surface area contributed by atoms with Crippen LogP contribution in [0.5, 0.6) is 0 Å². The van der Waals surface area contributed by atoms with Gasteiger partial charge in [0.15, 0.2) is 0 Å². The van der Waals surface area contributed by atoms with E-state index in [-0.39, 0.29) is 0 Å². The van der Waals surface area contributed by atoms with Gasteiger partial charge in [0.05, 0.1) is 16.3 Å². The first-order valence-corrected chi connectivity index (χ1v) is 8.09. The number of hydrogen-bond donors (Lipinski definition) is 2. The second-order valence-corrected chi connectivity index (χ2v) is 6.69. The van der Waals surface area contributed by atoms with E-state index >= 15 is 0 Å². The Morgan fingerprint density at radius 3 is 2.57 bits per heavy atom. The third-order valence-electron chi connectivity index (χ3n) is 3.18. The van der Waals surface area contributed by atoms with E-state index in [1.165, 1.54) is 0 Å². The average molecular weight is 308 g/mol. The second-order valence-electron chi connectivity index (χ2n) is 5.04. The predicted octanol–water partition coefficient (Wildman–Crippen LogP) is 1.56. The first-order valence-electron chi connectivity index (χ1n) is 6.60. The molecule has 0 spiro atoms. The minimum Gasteiger partial charge on any atom is -0.316 e. The fourth-order valence-corrected chi connectivity index (χ4v) is 3.55. The van der Waals surface area contributed by atoms with Gasteiger partial charge in [-0.25, -0.2) is 8.42 Å². The van der Waals surface area contributed by atoms with Gasteiger partial charge in [-0.1, -0.05) is 12.1 Å². The summed E-state index contributed by atoms with van der Waals surface area (Å²) < 4.78 is 29.3. The van der Waals surface area contributed by atoms with E-state index in [2.05, 4.69) is 15.1 Å². The van der Waals surface area contributed by atoms with Crippen LogP contribution in [0.25, 0.3) is 0 Å². The molecule has 0 bridgehead atoms. The minimum absolute atomic E-state index is 0.290. The molecule has 0 aliphatic heterocycles. The molecule has 0 saturated carbocycles. The lowest BCUT2D eigenvalue weighted by molar-refractivity contribution is 0.600. The molecular weight excluding hydrogens is 288 g/mol. The van der Waals surface area contributed by atoms with E-state index in [1.54, 1.807) is 37.8 Å². The number of hydrogen-bond acceptors (Lipinski definition) is 4. The van der Waals surface area contributed by atoms with Crippen molar-refractivity contribution in [3.63, 3.8) is 0 Å². The molecule has 0 amide bonds. The van der Waals surface area contributed by atoms with Gasteiger partial charge in [-0.05, 0) is 38.1 Å². The molecule has 0 unspecified atom stereocenters. The number of aryl methyl sites for hydroxylation is 3. The zero-order valence-corrected chi connectivity index (χ0v) is 13.5. The minimum atomic E-state index is -3.63. The molecule has 7 heteroatoms. The maximum absolute atomic E-state index is 12.6. The summed E-state index contributed by atoms with van der Waals surface area (Å²) in [6.07, 6.45) is 1.65. The fraction of sp³-hybridized carbons (Fsp3) is 0.357. The molecule has 1 aromatic carbocycles. The van der Waals surface area contributed by atoms with Crippen molar-refractivity contribution < 1.29 is 8.42 Å². The number of nitrogens with zero attached hydrogens (tertiary/aromatic N) is 2. The number of sulfonamides is 1. The molecule has 0 radical (unpaired) electrons. The number of anilines is 1. The Morgan fingerprint density at radius 1 is 1.29 bits per heavy atom. The smallest absolute Gasteiger partial charge is 0.262 e. The van der Waals surface area contributed by atoms with Crippen LogP contribution in [0.4, 0.5) is 5.69 Å². The summed E-state index contributed by atoms with van der Waals surface area (Å²) in [6, 6.07) is 5.43.